The molecule has 40 heavy (non-hydrogen) atoms. The van der Waals surface area contributed by atoms with Crippen LogP contribution in [-0.4, -0.2) is 51.2 Å². The van der Waals surface area contributed by atoms with Crippen molar-refractivity contribution in [3.8, 4) is 5.88 Å². The SMILES string of the molecule is O=C([O-])c1ccc2nc(CN3CCC(c4cccnc4OCc4ccc(F)cc4F)CC3)n(C[C@@H]3CCO3)c2c1. The van der Waals surface area contributed by atoms with Crippen molar-refractivity contribution in [3.05, 3.63) is 88.9 Å². The van der Waals surface area contributed by atoms with Crippen LogP contribution in [0.15, 0.2) is 54.7 Å². The largest absolute Gasteiger partial charge is 0.545 e. The Bertz CT molecular complexity index is 1530. The number of fused-ring (bicyclic) bond motifs is 1. The van der Waals surface area contributed by atoms with Crippen molar-refractivity contribution in [3.63, 3.8) is 0 Å². The van der Waals surface area contributed by atoms with E-state index in [0.29, 0.717) is 19.0 Å². The highest BCUT2D eigenvalue weighted by molar-refractivity contribution is 5.91. The van der Waals surface area contributed by atoms with Gasteiger partial charge in [0.2, 0.25) is 5.88 Å². The van der Waals surface area contributed by atoms with Crippen LogP contribution in [0.3, 0.4) is 0 Å². The molecule has 2 aromatic heterocycles. The molecule has 0 spiro atoms. The van der Waals surface area contributed by atoms with Gasteiger partial charge in [-0.25, -0.2) is 18.7 Å². The second-order valence-electron chi connectivity index (χ2n) is 10.4. The minimum Gasteiger partial charge on any atom is -0.545 e. The Labute approximate surface area is 230 Å². The van der Waals surface area contributed by atoms with Crippen LogP contribution in [0.5, 0.6) is 5.88 Å². The highest BCUT2D eigenvalue weighted by Gasteiger charge is 2.27. The average molecular weight is 548 g/mol. The fraction of sp³-hybridized carbons (Fsp3) is 0.367. The molecule has 10 heteroatoms. The lowest BCUT2D eigenvalue weighted by molar-refractivity contribution is -0.255. The maximum Gasteiger partial charge on any atom is 0.217 e. The van der Waals surface area contributed by atoms with E-state index in [2.05, 4.69) is 14.5 Å². The lowest BCUT2D eigenvalue weighted by Crippen LogP contribution is -2.35. The number of hydrogen-bond acceptors (Lipinski definition) is 7. The molecular formula is C30H29F2N4O4-. The number of carbonyl (C=O) groups is 1. The summed E-state index contributed by atoms with van der Waals surface area (Å²) < 4.78 is 41.0. The molecule has 8 nitrogen and oxygen atoms in total. The van der Waals surface area contributed by atoms with Crippen LogP contribution >= 0.6 is 0 Å². The highest BCUT2D eigenvalue weighted by atomic mass is 19.1. The standard InChI is InChI=1S/C30H30F2N4O4/c31-22-5-3-21(25(32)15-22)18-40-29-24(2-1-10-33-29)19-7-11-35(12-8-19)17-28-34-26-6-4-20(30(37)38)14-27(26)36(28)16-23-9-13-39-23/h1-6,10,14-15,19,23H,7-9,11-13,16-18H2,(H,37,38)/p-1/t23-/m0/s1. The van der Waals surface area contributed by atoms with Gasteiger partial charge in [-0.15, -0.1) is 0 Å². The Morgan fingerprint density at radius 1 is 1.10 bits per heavy atom. The van der Waals surface area contributed by atoms with E-state index >= 15 is 0 Å². The first kappa shape index (κ1) is 26.3. The summed E-state index contributed by atoms with van der Waals surface area (Å²) >= 11 is 0. The first-order valence-corrected chi connectivity index (χ1v) is 13.5. The molecule has 0 radical (unpaired) electrons. The van der Waals surface area contributed by atoms with Crippen molar-refractivity contribution in [2.24, 2.45) is 0 Å². The molecule has 2 aromatic carbocycles. The molecule has 2 saturated heterocycles. The van der Waals surface area contributed by atoms with E-state index in [-0.39, 0.29) is 29.8 Å². The molecule has 0 N–H and O–H groups in total. The number of pyridine rings is 1. The number of piperidine rings is 1. The number of imidazole rings is 1. The van der Waals surface area contributed by atoms with Gasteiger partial charge in [-0.05, 0) is 74.2 Å². The van der Waals surface area contributed by atoms with Gasteiger partial charge in [0, 0.05) is 30.0 Å². The number of rotatable bonds is 9. The monoisotopic (exact) mass is 547 g/mol. The molecule has 1 atom stereocenters. The average Bonchev–Trinajstić information content (AvgIpc) is 3.26. The number of nitrogens with zero attached hydrogens (tertiary/aromatic N) is 4. The summed E-state index contributed by atoms with van der Waals surface area (Å²) in [5.74, 6) is -0.898. The zero-order valence-corrected chi connectivity index (χ0v) is 21.9. The van der Waals surface area contributed by atoms with Gasteiger partial charge in [0.25, 0.3) is 0 Å². The summed E-state index contributed by atoms with van der Waals surface area (Å²) in [4.78, 5) is 23.1. The minimum atomic E-state index is -1.21. The number of hydrogen-bond donors (Lipinski definition) is 0. The van der Waals surface area contributed by atoms with E-state index in [1.165, 1.54) is 18.2 Å². The summed E-state index contributed by atoms with van der Waals surface area (Å²) in [5, 5.41) is 11.5. The van der Waals surface area contributed by atoms with Crippen LogP contribution in [0.1, 0.15) is 52.5 Å². The first-order valence-electron chi connectivity index (χ1n) is 13.5. The number of benzene rings is 2. The molecule has 6 rings (SSSR count). The van der Waals surface area contributed by atoms with Crippen LogP contribution in [0, 0.1) is 11.6 Å². The molecule has 0 bridgehead atoms. The summed E-state index contributed by atoms with van der Waals surface area (Å²) in [5.41, 5.74) is 2.91. The van der Waals surface area contributed by atoms with E-state index < -0.39 is 17.6 Å². The van der Waals surface area contributed by atoms with E-state index in [0.717, 1.165) is 67.4 Å². The number of carboxylic acid groups (broad SMARTS) is 1. The first-order chi connectivity index (χ1) is 19.4. The van der Waals surface area contributed by atoms with E-state index in [1.54, 1.807) is 18.3 Å². The molecule has 4 heterocycles. The maximum atomic E-state index is 14.1. The molecule has 2 aliphatic heterocycles. The summed E-state index contributed by atoms with van der Waals surface area (Å²) in [6, 6.07) is 12.2. The highest BCUT2D eigenvalue weighted by Crippen LogP contribution is 2.34. The lowest BCUT2D eigenvalue weighted by Gasteiger charge is -2.33. The van der Waals surface area contributed by atoms with Crippen LogP contribution < -0.4 is 9.84 Å². The van der Waals surface area contributed by atoms with E-state index in [1.807, 2.05) is 12.1 Å². The third-order valence-corrected chi connectivity index (χ3v) is 7.82. The lowest BCUT2D eigenvalue weighted by atomic mass is 9.90. The van der Waals surface area contributed by atoms with Gasteiger partial charge in [0.05, 0.1) is 36.2 Å². The predicted octanol–water partition coefficient (Wildman–Crippen LogP) is 3.82. The predicted molar refractivity (Wildman–Crippen MR) is 141 cm³/mol. The number of likely N-dealkylation sites (tertiary alicyclic amines) is 1. The molecule has 208 valence electrons. The van der Waals surface area contributed by atoms with Crippen molar-refractivity contribution < 1.29 is 28.2 Å². The third kappa shape index (κ3) is 5.55. The van der Waals surface area contributed by atoms with Gasteiger partial charge in [-0.2, -0.15) is 0 Å². The second kappa shape index (κ2) is 11.3. The Balaban J connectivity index is 1.14. The number of carbonyl (C=O) groups excluding carboxylic acids is 1. The van der Waals surface area contributed by atoms with E-state index in [4.69, 9.17) is 14.5 Å². The van der Waals surface area contributed by atoms with Crippen molar-refractivity contribution in [2.75, 3.05) is 19.7 Å². The third-order valence-electron chi connectivity index (χ3n) is 7.82. The molecule has 0 unspecified atom stereocenters. The molecular weight excluding hydrogens is 518 g/mol. The summed E-state index contributed by atoms with van der Waals surface area (Å²) in [6.45, 7) is 3.63. The Morgan fingerprint density at radius 2 is 1.93 bits per heavy atom. The number of halogens is 2. The number of ether oxygens (including phenoxy) is 2. The maximum absolute atomic E-state index is 14.1. The zero-order valence-electron chi connectivity index (χ0n) is 21.9. The number of carboxylic acids is 1. The van der Waals surface area contributed by atoms with Crippen molar-refractivity contribution in [1.82, 2.24) is 19.4 Å². The topological polar surface area (TPSA) is 92.5 Å². The molecule has 0 aliphatic carbocycles. The zero-order chi connectivity index (χ0) is 27.6. The second-order valence-corrected chi connectivity index (χ2v) is 10.4. The summed E-state index contributed by atoms with van der Waals surface area (Å²) in [7, 11) is 0. The van der Waals surface area contributed by atoms with E-state index in [9.17, 15) is 18.7 Å². The van der Waals surface area contributed by atoms with Gasteiger partial charge in [-0.3, -0.25) is 4.90 Å². The van der Waals surface area contributed by atoms with Gasteiger partial charge in [-0.1, -0.05) is 12.1 Å². The normalized spacial score (nSPS) is 18.1. The quantitative estimate of drug-likeness (QED) is 0.315. The Hall–Kier alpha value is -3.89. The number of aromatic nitrogens is 3. The van der Waals surface area contributed by atoms with Gasteiger partial charge >= 0.3 is 0 Å². The molecule has 0 amide bonds. The van der Waals surface area contributed by atoms with Crippen LogP contribution in [-0.2, 0) is 24.4 Å². The van der Waals surface area contributed by atoms with Gasteiger partial charge < -0.3 is 23.9 Å². The smallest absolute Gasteiger partial charge is 0.217 e. The Kier molecular flexibility index (Phi) is 7.44. The van der Waals surface area contributed by atoms with Crippen LogP contribution in [0.25, 0.3) is 11.0 Å². The number of aromatic carboxylic acids is 1. The van der Waals surface area contributed by atoms with Gasteiger partial charge in [0.15, 0.2) is 0 Å². The van der Waals surface area contributed by atoms with Crippen molar-refractivity contribution in [1.29, 1.82) is 0 Å². The van der Waals surface area contributed by atoms with Crippen molar-refractivity contribution in [2.45, 2.75) is 51.0 Å². The van der Waals surface area contributed by atoms with Crippen LogP contribution in [0.2, 0.25) is 0 Å². The van der Waals surface area contributed by atoms with Crippen LogP contribution in [0.4, 0.5) is 8.78 Å². The summed E-state index contributed by atoms with van der Waals surface area (Å²) in [6.07, 6.45) is 4.48. The molecule has 0 saturated carbocycles. The molecule has 2 aliphatic rings. The minimum absolute atomic E-state index is 0.0322. The fourth-order valence-corrected chi connectivity index (χ4v) is 5.48. The Morgan fingerprint density at radius 3 is 2.65 bits per heavy atom. The molecule has 2 fully saturated rings. The molecule has 4 aromatic rings. The van der Waals surface area contributed by atoms with Gasteiger partial charge in [0.1, 0.15) is 24.1 Å². The van der Waals surface area contributed by atoms with Crippen molar-refractivity contribution >= 4 is 17.0 Å². The fourth-order valence-electron chi connectivity index (χ4n) is 5.48.